The van der Waals surface area contributed by atoms with Crippen molar-refractivity contribution in [2.45, 2.75) is 23.1 Å². The van der Waals surface area contributed by atoms with Crippen molar-refractivity contribution >= 4 is 22.7 Å². The lowest BCUT2D eigenvalue weighted by Gasteiger charge is -2.11. The Morgan fingerprint density at radius 3 is 2.95 bits per heavy atom. The lowest BCUT2D eigenvalue weighted by molar-refractivity contribution is 0.685. The molecule has 3 heteroatoms. The predicted octanol–water partition coefficient (Wildman–Crippen LogP) is 4.23. The fourth-order valence-corrected chi connectivity index (χ4v) is 4.30. The first kappa shape index (κ1) is 12.6. The van der Waals surface area contributed by atoms with Crippen molar-refractivity contribution in [1.29, 1.82) is 5.26 Å². The van der Waals surface area contributed by atoms with Crippen LogP contribution in [-0.2, 0) is 13.0 Å². The van der Waals surface area contributed by atoms with E-state index in [-0.39, 0.29) is 0 Å². The van der Waals surface area contributed by atoms with Crippen molar-refractivity contribution in [2.75, 3.05) is 0 Å². The summed E-state index contributed by atoms with van der Waals surface area (Å²) in [6, 6.07) is 18.9. The Bertz CT molecular complexity index is 832. The van der Waals surface area contributed by atoms with Crippen LogP contribution in [0.5, 0.6) is 0 Å². The highest BCUT2D eigenvalue weighted by atomic mass is 32.2. The summed E-state index contributed by atoms with van der Waals surface area (Å²) in [5.74, 6) is 0. The molecule has 1 aliphatic rings. The summed E-state index contributed by atoms with van der Waals surface area (Å²) in [6.45, 7) is 0.984. The summed E-state index contributed by atoms with van der Waals surface area (Å²) in [6.07, 6.45) is 3.26. The first-order valence-electron chi connectivity index (χ1n) is 7.07. The summed E-state index contributed by atoms with van der Waals surface area (Å²) < 4.78 is 2.28. The van der Waals surface area contributed by atoms with Gasteiger partial charge in [0.05, 0.1) is 11.6 Å². The highest BCUT2D eigenvalue weighted by Gasteiger charge is 2.22. The predicted molar refractivity (Wildman–Crippen MR) is 86.4 cm³/mol. The van der Waals surface area contributed by atoms with Crippen LogP contribution in [0.2, 0.25) is 0 Å². The maximum absolute atomic E-state index is 9.06. The monoisotopic (exact) mass is 290 g/mol. The number of benzene rings is 2. The van der Waals surface area contributed by atoms with Crippen LogP contribution < -0.4 is 0 Å². The van der Waals surface area contributed by atoms with Gasteiger partial charge in [0, 0.05) is 28.4 Å². The zero-order valence-electron chi connectivity index (χ0n) is 11.5. The van der Waals surface area contributed by atoms with Gasteiger partial charge in [0.25, 0.3) is 0 Å². The molecule has 0 spiro atoms. The van der Waals surface area contributed by atoms with E-state index >= 15 is 0 Å². The first-order valence-corrected chi connectivity index (χ1v) is 7.95. The molecule has 0 amide bonds. The largest absolute Gasteiger partial charge is 0.346 e. The van der Waals surface area contributed by atoms with Gasteiger partial charge >= 0.3 is 0 Å². The molecule has 3 aromatic rings. The van der Waals surface area contributed by atoms with Crippen molar-refractivity contribution in [1.82, 2.24) is 4.57 Å². The molecule has 4 rings (SSSR count). The molecule has 0 radical (unpaired) electrons. The maximum atomic E-state index is 9.06. The van der Waals surface area contributed by atoms with E-state index in [0.717, 1.165) is 24.0 Å². The van der Waals surface area contributed by atoms with Crippen LogP contribution in [-0.4, -0.2) is 9.82 Å². The van der Waals surface area contributed by atoms with Crippen LogP contribution in [0, 0.1) is 11.3 Å². The van der Waals surface area contributed by atoms with Gasteiger partial charge in [-0.1, -0.05) is 24.3 Å². The Hall–Kier alpha value is -2.18. The van der Waals surface area contributed by atoms with E-state index in [2.05, 4.69) is 47.2 Å². The molecule has 0 N–H and O–H groups in total. The molecule has 2 aromatic carbocycles. The normalized spacial score (nSPS) is 16.8. The van der Waals surface area contributed by atoms with Gasteiger partial charge in [0.1, 0.15) is 0 Å². The number of hydrogen-bond donors (Lipinski definition) is 0. The van der Waals surface area contributed by atoms with E-state index in [4.69, 9.17) is 5.26 Å². The molecule has 0 saturated carbocycles. The minimum absolute atomic E-state index is 0.573. The number of fused-ring (bicyclic) bond motifs is 2. The van der Waals surface area contributed by atoms with Crippen molar-refractivity contribution < 1.29 is 0 Å². The minimum Gasteiger partial charge on any atom is -0.346 e. The molecule has 2 nitrogen and oxygen atoms in total. The van der Waals surface area contributed by atoms with Crippen LogP contribution in [0.3, 0.4) is 0 Å². The van der Waals surface area contributed by atoms with Crippen LogP contribution in [0.1, 0.15) is 11.1 Å². The molecule has 2 heterocycles. The SMILES string of the molecule is N#Cc1ccc2ccn(CC3Cc4ccccc4S3)c2c1. The van der Waals surface area contributed by atoms with Gasteiger partial charge in [-0.05, 0) is 41.6 Å². The second kappa shape index (κ2) is 4.98. The van der Waals surface area contributed by atoms with Crippen molar-refractivity contribution in [3.05, 3.63) is 65.9 Å². The Labute approximate surface area is 128 Å². The second-order valence-corrected chi connectivity index (χ2v) is 6.75. The molecular weight excluding hydrogens is 276 g/mol. The molecule has 1 aromatic heterocycles. The maximum Gasteiger partial charge on any atom is 0.0992 e. The molecule has 1 atom stereocenters. The summed E-state index contributed by atoms with van der Waals surface area (Å²) in [5.41, 5.74) is 3.34. The third-order valence-corrected chi connectivity index (χ3v) is 5.32. The van der Waals surface area contributed by atoms with Gasteiger partial charge in [-0.25, -0.2) is 0 Å². The standard InChI is InChI=1S/C18H14N2S/c19-11-13-5-6-14-7-8-20(17(14)9-13)12-16-10-15-3-1-2-4-18(15)21-16/h1-9,16H,10,12H2. The summed E-state index contributed by atoms with van der Waals surface area (Å²) >= 11 is 1.97. The van der Waals surface area contributed by atoms with Crippen molar-refractivity contribution in [3.8, 4) is 6.07 Å². The Morgan fingerprint density at radius 1 is 1.19 bits per heavy atom. The molecule has 0 aliphatic carbocycles. The number of nitriles is 1. The second-order valence-electron chi connectivity index (χ2n) is 5.41. The van der Waals surface area contributed by atoms with Crippen LogP contribution in [0.25, 0.3) is 10.9 Å². The molecule has 1 unspecified atom stereocenters. The average molecular weight is 290 g/mol. The molecule has 21 heavy (non-hydrogen) atoms. The van der Waals surface area contributed by atoms with E-state index < -0.39 is 0 Å². The minimum atomic E-state index is 0.573. The summed E-state index contributed by atoms with van der Waals surface area (Å²) in [4.78, 5) is 1.41. The van der Waals surface area contributed by atoms with E-state index in [1.165, 1.54) is 15.8 Å². The number of rotatable bonds is 2. The van der Waals surface area contributed by atoms with Crippen LogP contribution in [0.15, 0.2) is 59.6 Å². The van der Waals surface area contributed by atoms with E-state index in [1.807, 2.05) is 30.0 Å². The van der Waals surface area contributed by atoms with E-state index in [9.17, 15) is 0 Å². The fourth-order valence-electron chi connectivity index (χ4n) is 2.99. The Balaban J connectivity index is 1.63. The van der Waals surface area contributed by atoms with Crippen LogP contribution in [0.4, 0.5) is 0 Å². The average Bonchev–Trinajstić information content (AvgIpc) is 3.10. The van der Waals surface area contributed by atoms with Crippen LogP contribution >= 0.6 is 11.8 Å². The number of hydrogen-bond acceptors (Lipinski definition) is 2. The highest BCUT2D eigenvalue weighted by molar-refractivity contribution is 8.00. The van der Waals surface area contributed by atoms with Gasteiger partial charge in [0.15, 0.2) is 0 Å². The Kier molecular flexibility index (Phi) is 2.98. The van der Waals surface area contributed by atoms with Gasteiger partial charge in [-0.15, -0.1) is 11.8 Å². The van der Waals surface area contributed by atoms with Crippen molar-refractivity contribution in [2.24, 2.45) is 0 Å². The molecule has 0 saturated heterocycles. The van der Waals surface area contributed by atoms with Gasteiger partial charge < -0.3 is 4.57 Å². The first-order chi connectivity index (χ1) is 10.3. The molecule has 102 valence electrons. The topological polar surface area (TPSA) is 28.7 Å². The molecule has 0 bridgehead atoms. The van der Waals surface area contributed by atoms with E-state index in [0.29, 0.717) is 5.25 Å². The summed E-state index contributed by atoms with van der Waals surface area (Å²) in [7, 11) is 0. The lowest BCUT2D eigenvalue weighted by Crippen LogP contribution is -2.11. The third kappa shape index (κ3) is 2.22. The zero-order valence-corrected chi connectivity index (χ0v) is 12.3. The molecule has 1 aliphatic heterocycles. The smallest absolute Gasteiger partial charge is 0.0992 e. The Morgan fingerprint density at radius 2 is 2.10 bits per heavy atom. The fraction of sp³-hybridized carbons (Fsp3) is 0.167. The van der Waals surface area contributed by atoms with Crippen molar-refractivity contribution in [3.63, 3.8) is 0 Å². The number of aromatic nitrogens is 1. The number of nitrogens with zero attached hydrogens (tertiary/aromatic N) is 2. The highest BCUT2D eigenvalue weighted by Crippen LogP contribution is 2.37. The quantitative estimate of drug-likeness (QED) is 0.706. The van der Waals surface area contributed by atoms with Gasteiger partial charge in [0.2, 0.25) is 0 Å². The number of thioether (sulfide) groups is 1. The lowest BCUT2D eigenvalue weighted by atomic mass is 10.1. The molecular formula is C18H14N2S. The van der Waals surface area contributed by atoms with Gasteiger partial charge in [-0.2, -0.15) is 5.26 Å². The molecule has 0 fully saturated rings. The zero-order chi connectivity index (χ0) is 14.2. The van der Waals surface area contributed by atoms with E-state index in [1.54, 1.807) is 0 Å². The van der Waals surface area contributed by atoms with Gasteiger partial charge in [-0.3, -0.25) is 0 Å². The third-order valence-electron chi connectivity index (χ3n) is 4.02. The summed E-state index contributed by atoms with van der Waals surface area (Å²) in [5, 5.41) is 10.8.